The second-order valence-corrected chi connectivity index (χ2v) is 7.54. The number of ketones is 1. The highest BCUT2D eigenvalue weighted by atomic mass is 32.1. The third-order valence-electron chi connectivity index (χ3n) is 4.19. The molecular weight excluding hydrogens is 376 g/mol. The third kappa shape index (κ3) is 4.12. The smallest absolute Gasteiger partial charge is 0.298 e. The summed E-state index contributed by atoms with van der Waals surface area (Å²) < 4.78 is 7.22. The van der Waals surface area contributed by atoms with Gasteiger partial charge in [0.05, 0.1) is 23.1 Å². The molecule has 0 saturated carbocycles. The van der Waals surface area contributed by atoms with Gasteiger partial charge in [0, 0.05) is 23.7 Å². The van der Waals surface area contributed by atoms with E-state index in [4.69, 9.17) is 4.74 Å². The fraction of sp³-hybridized carbons (Fsp3) is 0.300. The van der Waals surface area contributed by atoms with Gasteiger partial charge in [0.25, 0.3) is 11.7 Å². The van der Waals surface area contributed by atoms with Gasteiger partial charge >= 0.3 is 0 Å². The molecule has 3 aromatic rings. The number of carbonyl (C=O) groups excluding carboxylic acids is 2. The van der Waals surface area contributed by atoms with Gasteiger partial charge < -0.3 is 4.74 Å². The molecule has 0 bridgehead atoms. The molecule has 2 heterocycles. The van der Waals surface area contributed by atoms with Crippen LogP contribution in [-0.2, 0) is 11.8 Å². The number of aryl methyl sites for hydroxylation is 2. The van der Waals surface area contributed by atoms with Gasteiger partial charge in [0.2, 0.25) is 0 Å². The number of hydrogen-bond donors (Lipinski definition) is 1. The molecule has 0 unspecified atom stereocenters. The van der Waals surface area contributed by atoms with E-state index in [1.54, 1.807) is 25.6 Å². The number of aromatic nitrogens is 3. The summed E-state index contributed by atoms with van der Waals surface area (Å²) in [5.41, 5.74) is 3.14. The van der Waals surface area contributed by atoms with Crippen LogP contribution in [0, 0.1) is 13.8 Å². The molecule has 0 atom stereocenters. The molecule has 0 spiro atoms. The fourth-order valence-electron chi connectivity index (χ4n) is 2.81. The van der Waals surface area contributed by atoms with Crippen LogP contribution in [0.3, 0.4) is 0 Å². The van der Waals surface area contributed by atoms with Crippen molar-refractivity contribution >= 4 is 28.2 Å². The van der Waals surface area contributed by atoms with Gasteiger partial charge in [-0.1, -0.05) is 0 Å². The van der Waals surface area contributed by atoms with Crippen molar-refractivity contribution in [1.82, 2.24) is 14.8 Å². The Morgan fingerprint density at radius 2 is 1.86 bits per heavy atom. The van der Waals surface area contributed by atoms with Gasteiger partial charge in [-0.3, -0.25) is 19.6 Å². The summed E-state index contributed by atoms with van der Waals surface area (Å²) in [6.45, 7) is 7.41. The first-order valence-corrected chi connectivity index (χ1v) is 9.72. The normalized spacial score (nSPS) is 10.9. The average molecular weight is 398 g/mol. The van der Waals surface area contributed by atoms with Crippen LogP contribution in [0.1, 0.15) is 35.6 Å². The monoisotopic (exact) mass is 398 g/mol. The van der Waals surface area contributed by atoms with E-state index >= 15 is 0 Å². The van der Waals surface area contributed by atoms with E-state index in [0.717, 1.165) is 17.0 Å². The van der Waals surface area contributed by atoms with Crippen LogP contribution in [0.5, 0.6) is 5.75 Å². The predicted molar refractivity (Wildman–Crippen MR) is 109 cm³/mol. The standard InChI is InChI=1S/C20H22N4O3S/c1-11(2)27-15-8-6-14(7-9-15)16-10-28-20(21-16)22-19(26)18(25)17-12(3)23-24(5)13(17)4/h6-11H,1-5H3,(H,21,22,26). The molecule has 1 aromatic carbocycles. The molecule has 0 aliphatic rings. The predicted octanol–water partition coefficient (Wildman–Crippen LogP) is 3.77. The quantitative estimate of drug-likeness (QED) is 0.505. The second kappa shape index (κ2) is 7.93. The number of anilines is 1. The zero-order valence-electron chi connectivity index (χ0n) is 16.4. The SMILES string of the molecule is Cc1nn(C)c(C)c1C(=O)C(=O)Nc1nc(-c2ccc(OC(C)C)cc2)cs1. The molecule has 3 rings (SSSR count). The van der Waals surface area contributed by atoms with Crippen LogP contribution in [0.15, 0.2) is 29.6 Å². The molecule has 0 fully saturated rings. The molecular formula is C20H22N4O3S. The molecule has 0 aliphatic heterocycles. The maximum Gasteiger partial charge on any atom is 0.298 e. The summed E-state index contributed by atoms with van der Waals surface area (Å²) in [6, 6.07) is 7.58. The molecule has 0 radical (unpaired) electrons. The Morgan fingerprint density at radius 3 is 2.43 bits per heavy atom. The Bertz CT molecular complexity index is 1020. The Morgan fingerprint density at radius 1 is 1.18 bits per heavy atom. The highest BCUT2D eigenvalue weighted by Crippen LogP contribution is 2.27. The zero-order valence-corrected chi connectivity index (χ0v) is 17.3. The van der Waals surface area contributed by atoms with E-state index in [-0.39, 0.29) is 6.10 Å². The summed E-state index contributed by atoms with van der Waals surface area (Å²) in [4.78, 5) is 29.3. The number of hydrogen-bond acceptors (Lipinski definition) is 6. The van der Waals surface area contributed by atoms with Gasteiger partial charge in [-0.25, -0.2) is 4.98 Å². The largest absolute Gasteiger partial charge is 0.491 e. The number of benzene rings is 1. The highest BCUT2D eigenvalue weighted by Gasteiger charge is 2.24. The minimum Gasteiger partial charge on any atom is -0.491 e. The van der Waals surface area contributed by atoms with Gasteiger partial charge in [0.1, 0.15) is 5.75 Å². The van der Waals surface area contributed by atoms with Crippen molar-refractivity contribution in [2.75, 3.05) is 5.32 Å². The Balaban J connectivity index is 1.72. The van der Waals surface area contributed by atoms with Crippen molar-refractivity contribution in [3.8, 4) is 17.0 Å². The molecule has 1 N–H and O–H groups in total. The van der Waals surface area contributed by atoms with Gasteiger partial charge in [0.15, 0.2) is 5.13 Å². The van der Waals surface area contributed by atoms with Crippen molar-refractivity contribution < 1.29 is 14.3 Å². The molecule has 0 saturated heterocycles. The number of Topliss-reactive ketones (excluding diaryl/α,β-unsaturated/α-hetero) is 1. The lowest BCUT2D eigenvalue weighted by Crippen LogP contribution is -2.23. The van der Waals surface area contributed by atoms with E-state index in [9.17, 15) is 9.59 Å². The van der Waals surface area contributed by atoms with Crippen LogP contribution >= 0.6 is 11.3 Å². The van der Waals surface area contributed by atoms with Crippen LogP contribution < -0.4 is 10.1 Å². The topological polar surface area (TPSA) is 86.1 Å². The highest BCUT2D eigenvalue weighted by molar-refractivity contribution is 7.14. The lowest BCUT2D eigenvalue weighted by atomic mass is 10.1. The summed E-state index contributed by atoms with van der Waals surface area (Å²) in [5.74, 6) is -0.550. The second-order valence-electron chi connectivity index (χ2n) is 6.68. The zero-order chi connectivity index (χ0) is 20.4. The van der Waals surface area contributed by atoms with E-state index in [2.05, 4.69) is 15.4 Å². The van der Waals surface area contributed by atoms with E-state index in [1.165, 1.54) is 11.3 Å². The molecule has 28 heavy (non-hydrogen) atoms. The van der Waals surface area contributed by atoms with Gasteiger partial charge in [-0.2, -0.15) is 5.10 Å². The average Bonchev–Trinajstić information content (AvgIpc) is 3.19. The van der Waals surface area contributed by atoms with Crippen LogP contribution in [0.25, 0.3) is 11.3 Å². The lowest BCUT2D eigenvalue weighted by Gasteiger charge is -2.09. The Kier molecular flexibility index (Phi) is 5.60. The first kappa shape index (κ1) is 19.8. The Labute approximate surface area is 167 Å². The summed E-state index contributed by atoms with van der Waals surface area (Å²) in [7, 11) is 1.74. The van der Waals surface area contributed by atoms with Crippen LogP contribution in [-0.4, -0.2) is 32.6 Å². The summed E-state index contributed by atoms with van der Waals surface area (Å²) in [5, 5.41) is 8.97. The number of amides is 1. The minimum absolute atomic E-state index is 0.108. The van der Waals surface area contributed by atoms with Gasteiger partial charge in [-0.05, 0) is 52.0 Å². The van der Waals surface area contributed by atoms with Crippen LogP contribution in [0.2, 0.25) is 0 Å². The van der Waals surface area contributed by atoms with Gasteiger partial charge in [-0.15, -0.1) is 11.3 Å². The van der Waals surface area contributed by atoms with Crippen molar-refractivity contribution in [2.24, 2.45) is 7.05 Å². The fourth-order valence-corrected chi connectivity index (χ4v) is 3.52. The maximum absolute atomic E-state index is 12.5. The number of nitrogens with one attached hydrogen (secondary N) is 1. The molecule has 0 aliphatic carbocycles. The minimum atomic E-state index is -0.721. The van der Waals surface area contributed by atoms with E-state index < -0.39 is 11.7 Å². The maximum atomic E-state index is 12.5. The van der Waals surface area contributed by atoms with Crippen LogP contribution in [0.4, 0.5) is 5.13 Å². The van der Waals surface area contributed by atoms with Crippen molar-refractivity contribution in [1.29, 1.82) is 0 Å². The first-order valence-electron chi connectivity index (χ1n) is 8.84. The van der Waals surface area contributed by atoms with E-state index in [1.807, 2.05) is 43.5 Å². The number of ether oxygens (including phenoxy) is 1. The lowest BCUT2D eigenvalue weighted by molar-refractivity contribution is -0.112. The van der Waals surface area contributed by atoms with Crippen molar-refractivity contribution in [3.05, 3.63) is 46.6 Å². The third-order valence-corrected chi connectivity index (χ3v) is 4.95. The summed E-state index contributed by atoms with van der Waals surface area (Å²) >= 11 is 1.27. The molecule has 2 aromatic heterocycles. The van der Waals surface area contributed by atoms with Crippen molar-refractivity contribution in [2.45, 2.75) is 33.8 Å². The van der Waals surface area contributed by atoms with E-state index in [0.29, 0.717) is 22.1 Å². The summed E-state index contributed by atoms with van der Waals surface area (Å²) in [6.07, 6.45) is 0.108. The molecule has 146 valence electrons. The van der Waals surface area contributed by atoms with Crippen molar-refractivity contribution in [3.63, 3.8) is 0 Å². The Hall–Kier alpha value is -3.00. The number of nitrogens with zero attached hydrogens (tertiary/aromatic N) is 3. The molecule has 1 amide bonds. The molecule has 8 heteroatoms. The first-order chi connectivity index (χ1) is 13.3. The number of rotatable bonds is 6. The number of carbonyl (C=O) groups is 2. The number of thiazole rings is 1. The molecule has 7 nitrogen and oxygen atoms in total.